The number of amides is 1. The van der Waals surface area contributed by atoms with Crippen molar-refractivity contribution in [1.29, 1.82) is 0 Å². The van der Waals surface area contributed by atoms with Gasteiger partial charge in [-0.05, 0) is 13.8 Å². The minimum absolute atomic E-state index is 0.280. The van der Waals surface area contributed by atoms with Gasteiger partial charge in [0.05, 0.1) is 0 Å². The zero-order chi connectivity index (χ0) is 11.5. The summed E-state index contributed by atoms with van der Waals surface area (Å²) in [5.41, 5.74) is -1.31. The maximum absolute atomic E-state index is 11.9. The van der Waals surface area contributed by atoms with Gasteiger partial charge in [-0.2, -0.15) is 0 Å². The van der Waals surface area contributed by atoms with Crippen molar-refractivity contribution in [1.82, 2.24) is 4.90 Å². The highest BCUT2D eigenvalue weighted by Gasteiger charge is 2.39. The van der Waals surface area contributed by atoms with E-state index in [4.69, 9.17) is 5.11 Å². The molecule has 0 unspecified atom stereocenters. The largest absolute Gasteiger partial charge is 0.480 e. The molecule has 0 saturated carbocycles. The van der Waals surface area contributed by atoms with Crippen molar-refractivity contribution in [2.24, 2.45) is 5.41 Å². The fourth-order valence-electron chi connectivity index (χ4n) is 1.21. The number of aliphatic carboxylic acids is 1. The van der Waals surface area contributed by atoms with Crippen LogP contribution in [0.1, 0.15) is 13.8 Å². The number of rotatable bonds is 2. The number of hydrogen-bond donors (Lipinski definition) is 1. The summed E-state index contributed by atoms with van der Waals surface area (Å²) in [4.78, 5) is 24.5. The molecule has 0 aromatic heterocycles. The number of carbonyl (C=O) groups excluding carboxylic acids is 1. The molecule has 0 radical (unpaired) electrons. The van der Waals surface area contributed by atoms with Gasteiger partial charge in [-0.25, -0.2) is 0 Å². The normalized spacial score (nSPS) is 18.4. The molecule has 1 saturated heterocycles. The molecule has 1 N–H and O–H groups in total. The van der Waals surface area contributed by atoms with Crippen molar-refractivity contribution in [3.8, 4) is 0 Å². The summed E-state index contributed by atoms with van der Waals surface area (Å²) in [6, 6.07) is 0. The summed E-state index contributed by atoms with van der Waals surface area (Å²) < 4.78 is 0. The molecule has 1 heterocycles. The van der Waals surface area contributed by atoms with Gasteiger partial charge in [-0.3, -0.25) is 9.59 Å². The molecule has 15 heavy (non-hydrogen) atoms. The van der Waals surface area contributed by atoms with E-state index in [1.807, 2.05) is 0 Å². The van der Waals surface area contributed by atoms with Crippen LogP contribution in [0.5, 0.6) is 0 Å². The summed E-state index contributed by atoms with van der Waals surface area (Å²) >= 11 is 0. The third-order valence-corrected chi connectivity index (χ3v) is 4.69. The van der Waals surface area contributed by atoms with Crippen LogP contribution >= 0.6 is 21.6 Å². The third-order valence-electron chi connectivity index (χ3n) is 2.33. The van der Waals surface area contributed by atoms with E-state index in [0.717, 1.165) is 11.5 Å². The van der Waals surface area contributed by atoms with Crippen LogP contribution in [-0.2, 0) is 9.59 Å². The maximum Gasteiger partial charge on any atom is 0.318 e. The van der Waals surface area contributed by atoms with E-state index in [1.54, 1.807) is 26.5 Å². The molecule has 0 spiro atoms. The molecular weight excluding hydrogens is 234 g/mol. The molecule has 1 aliphatic rings. The highest BCUT2D eigenvalue weighted by atomic mass is 33.1. The van der Waals surface area contributed by atoms with Crippen molar-refractivity contribution in [2.75, 3.05) is 24.6 Å². The summed E-state index contributed by atoms with van der Waals surface area (Å²) in [6.45, 7) is 4.21. The smallest absolute Gasteiger partial charge is 0.318 e. The van der Waals surface area contributed by atoms with E-state index in [9.17, 15) is 9.59 Å². The van der Waals surface area contributed by atoms with Crippen LogP contribution in [0.25, 0.3) is 0 Å². The van der Waals surface area contributed by atoms with E-state index in [2.05, 4.69) is 0 Å². The SMILES string of the molecule is CC(C)(C(=O)O)C(=O)N1CCSSCC1. The lowest BCUT2D eigenvalue weighted by atomic mass is 9.92. The number of carboxylic acids is 1. The fraction of sp³-hybridized carbons (Fsp3) is 0.778. The topological polar surface area (TPSA) is 57.6 Å². The lowest BCUT2D eigenvalue weighted by Gasteiger charge is -2.27. The molecule has 0 atom stereocenters. The van der Waals surface area contributed by atoms with E-state index in [-0.39, 0.29) is 5.91 Å². The van der Waals surface area contributed by atoms with Crippen LogP contribution in [0.2, 0.25) is 0 Å². The quantitative estimate of drug-likeness (QED) is 0.591. The van der Waals surface area contributed by atoms with E-state index in [1.165, 1.54) is 13.8 Å². The molecule has 0 aliphatic carbocycles. The Morgan fingerprint density at radius 3 is 2.07 bits per heavy atom. The van der Waals surface area contributed by atoms with Gasteiger partial charge in [0.2, 0.25) is 5.91 Å². The molecule has 1 fully saturated rings. The lowest BCUT2D eigenvalue weighted by molar-refractivity contribution is -0.157. The van der Waals surface area contributed by atoms with Crippen LogP contribution in [0, 0.1) is 5.41 Å². The Morgan fingerprint density at radius 2 is 1.67 bits per heavy atom. The number of carboxylic acid groups (broad SMARTS) is 1. The molecule has 0 aromatic rings. The molecule has 0 bridgehead atoms. The zero-order valence-electron chi connectivity index (χ0n) is 8.86. The monoisotopic (exact) mass is 249 g/mol. The zero-order valence-corrected chi connectivity index (χ0v) is 10.5. The number of hydrogen-bond acceptors (Lipinski definition) is 4. The van der Waals surface area contributed by atoms with E-state index in [0.29, 0.717) is 13.1 Å². The van der Waals surface area contributed by atoms with E-state index < -0.39 is 11.4 Å². The first-order chi connectivity index (χ1) is 6.96. The molecule has 0 aromatic carbocycles. The predicted molar refractivity (Wildman–Crippen MR) is 62.9 cm³/mol. The van der Waals surface area contributed by atoms with Gasteiger partial charge in [0, 0.05) is 24.6 Å². The molecule has 1 amide bonds. The average Bonchev–Trinajstić information content (AvgIpc) is 2.44. The molecule has 4 nitrogen and oxygen atoms in total. The Kier molecular flexibility index (Phi) is 4.33. The average molecular weight is 249 g/mol. The van der Waals surface area contributed by atoms with Gasteiger partial charge in [0.15, 0.2) is 0 Å². The highest BCUT2D eigenvalue weighted by Crippen LogP contribution is 2.26. The second-order valence-electron chi connectivity index (χ2n) is 3.87. The van der Waals surface area contributed by atoms with Crippen LogP contribution in [0.4, 0.5) is 0 Å². The minimum atomic E-state index is -1.31. The van der Waals surface area contributed by atoms with Gasteiger partial charge in [0.25, 0.3) is 0 Å². The third kappa shape index (κ3) is 3.04. The van der Waals surface area contributed by atoms with Crippen molar-refractivity contribution in [3.05, 3.63) is 0 Å². The Balaban J connectivity index is 2.69. The molecule has 86 valence electrons. The predicted octanol–water partition coefficient (Wildman–Crippen LogP) is 1.32. The van der Waals surface area contributed by atoms with Gasteiger partial charge in [-0.1, -0.05) is 21.6 Å². The minimum Gasteiger partial charge on any atom is -0.480 e. The second-order valence-corrected chi connectivity index (χ2v) is 6.57. The first-order valence-corrected chi connectivity index (χ1v) is 7.22. The Hall–Kier alpha value is -0.360. The van der Waals surface area contributed by atoms with Crippen molar-refractivity contribution >= 4 is 33.5 Å². The van der Waals surface area contributed by atoms with Crippen LogP contribution < -0.4 is 0 Å². The van der Waals surface area contributed by atoms with Gasteiger partial charge >= 0.3 is 5.97 Å². The molecule has 1 aliphatic heterocycles. The Labute approximate surface area is 97.2 Å². The summed E-state index contributed by atoms with van der Waals surface area (Å²) in [7, 11) is 3.46. The summed E-state index contributed by atoms with van der Waals surface area (Å²) in [5.74, 6) is 0.397. The number of carbonyl (C=O) groups is 2. The highest BCUT2D eigenvalue weighted by molar-refractivity contribution is 8.76. The van der Waals surface area contributed by atoms with Crippen LogP contribution in [0.15, 0.2) is 0 Å². The Bertz CT molecular complexity index is 260. The molecule has 6 heteroatoms. The maximum atomic E-state index is 11.9. The summed E-state index contributed by atoms with van der Waals surface area (Å²) in [5, 5.41) is 8.95. The van der Waals surface area contributed by atoms with Gasteiger partial charge in [0.1, 0.15) is 5.41 Å². The van der Waals surface area contributed by atoms with E-state index >= 15 is 0 Å². The van der Waals surface area contributed by atoms with Crippen LogP contribution in [-0.4, -0.2) is 46.5 Å². The Morgan fingerprint density at radius 1 is 1.20 bits per heavy atom. The first kappa shape index (κ1) is 12.7. The van der Waals surface area contributed by atoms with Gasteiger partial charge < -0.3 is 10.0 Å². The van der Waals surface area contributed by atoms with Crippen molar-refractivity contribution < 1.29 is 14.7 Å². The standard InChI is InChI=1S/C9H15NO3S2/c1-9(2,8(12)13)7(11)10-3-5-14-15-6-4-10/h3-6H2,1-2H3,(H,12,13). The number of nitrogens with zero attached hydrogens (tertiary/aromatic N) is 1. The van der Waals surface area contributed by atoms with Crippen molar-refractivity contribution in [2.45, 2.75) is 13.8 Å². The lowest BCUT2D eigenvalue weighted by Crippen LogP contribution is -2.46. The molecular formula is C9H15NO3S2. The van der Waals surface area contributed by atoms with Crippen LogP contribution in [0.3, 0.4) is 0 Å². The van der Waals surface area contributed by atoms with Crippen molar-refractivity contribution in [3.63, 3.8) is 0 Å². The molecule has 1 rings (SSSR count). The first-order valence-electron chi connectivity index (χ1n) is 4.73. The fourth-order valence-corrected chi connectivity index (χ4v) is 3.19. The van der Waals surface area contributed by atoms with Gasteiger partial charge in [-0.15, -0.1) is 0 Å². The second kappa shape index (κ2) is 5.12. The summed E-state index contributed by atoms with van der Waals surface area (Å²) in [6.07, 6.45) is 0.